The molecule has 0 heterocycles. The minimum Gasteiger partial charge on any atom is -0.374 e. The fourth-order valence-electron chi connectivity index (χ4n) is 3.24. The SMILES string of the molecule is CCCCCCCCCCCCCCCCCCC(=O)C(C)(O)C(F)(F)F. The highest BCUT2D eigenvalue weighted by molar-refractivity contribution is 5.87. The quantitative estimate of drug-likeness (QED) is 0.244. The molecular formula is C22H41F3O2. The predicted octanol–water partition coefficient (Wildman–Crippen LogP) is 7.52. The zero-order chi connectivity index (χ0) is 20.6. The van der Waals surface area contributed by atoms with Crippen molar-refractivity contribution in [3.05, 3.63) is 0 Å². The molecule has 0 aliphatic heterocycles. The van der Waals surface area contributed by atoms with Gasteiger partial charge in [-0.15, -0.1) is 0 Å². The highest BCUT2D eigenvalue weighted by atomic mass is 19.4. The lowest BCUT2D eigenvalue weighted by molar-refractivity contribution is -0.244. The Morgan fingerprint density at radius 3 is 1.26 bits per heavy atom. The van der Waals surface area contributed by atoms with Crippen molar-refractivity contribution in [2.75, 3.05) is 0 Å². The summed E-state index contributed by atoms with van der Waals surface area (Å²) in [6, 6.07) is 0. The Bertz CT molecular complexity index is 365. The summed E-state index contributed by atoms with van der Waals surface area (Å²) in [6.07, 6.45) is 13.9. The normalized spacial score (nSPS) is 14.3. The third-order valence-corrected chi connectivity index (χ3v) is 5.35. The van der Waals surface area contributed by atoms with Crippen LogP contribution in [0.25, 0.3) is 0 Å². The van der Waals surface area contributed by atoms with E-state index in [9.17, 15) is 23.1 Å². The van der Waals surface area contributed by atoms with E-state index >= 15 is 0 Å². The number of aliphatic hydroxyl groups is 1. The minimum atomic E-state index is -4.89. The van der Waals surface area contributed by atoms with Gasteiger partial charge >= 0.3 is 6.18 Å². The van der Waals surface area contributed by atoms with Crippen LogP contribution in [0.2, 0.25) is 0 Å². The van der Waals surface area contributed by atoms with Crippen molar-refractivity contribution in [3.8, 4) is 0 Å². The first kappa shape index (κ1) is 26.4. The zero-order valence-electron chi connectivity index (χ0n) is 17.5. The molecule has 0 aromatic rings. The summed E-state index contributed by atoms with van der Waals surface area (Å²) in [7, 11) is 0. The summed E-state index contributed by atoms with van der Waals surface area (Å²) >= 11 is 0. The molecule has 0 aromatic carbocycles. The van der Waals surface area contributed by atoms with Gasteiger partial charge in [-0.05, 0) is 13.3 Å². The Hall–Kier alpha value is -0.580. The molecule has 1 N–H and O–H groups in total. The van der Waals surface area contributed by atoms with Crippen molar-refractivity contribution in [1.82, 2.24) is 0 Å². The molecule has 162 valence electrons. The van der Waals surface area contributed by atoms with E-state index in [1.54, 1.807) is 0 Å². The first-order chi connectivity index (χ1) is 12.7. The molecule has 0 fully saturated rings. The molecule has 0 saturated carbocycles. The maximum absolute atomic E-state index is 12.5. The predicted molar refractivity (Wildman–Crippen MR) is 106 cm³/mol. The van der Waals surface area contributed by atoms with Gasteiger partial charge in [-0.1, -0.05) is 103 Å². The lowest BCUT2D eigenvalue weighted by atomic mass is 9.95. The van der Waals surface area contributed by atoms with E-state index in [1.807, 2.05) is 0 Å². The Labute approximate surface area is 164 Å². The fraction of sp³-hybridized carbons (Fsp3) is 0.955. The van der Waals surface area contributed by atoms with Crippen molar-refractivity contribution in [3.63, 3.8) is 0 Å². The van der Waals surface area contributed by atoms with Crippen LogP contribution in [0.15, 0.2) is 0 Å². The monoisotopic (exact) mass is 394 g/mol. The molecule has 1 unspecified atom stereocenters. The molecule has 5 heteroatoms. The number of halogens is 3. The molecule has 0 aliphatic rings. The highest BCUT2D eigenvalue weighted by Crippen LogP contribution is 2.32. The van der Waals surface area contributed by atoms with E-state index in [1.165, 1.54) is 70.6 Å². The molecule has 0 amide bonds. The Morgan fingerprint density at radius 2 is 0.963 bits per heavy atom. The number of unbranched alkanes of at least 4 members (excludes halogenated alkanes) is 15. The number of carbonyl (C=O) groups is 1. The summed E-state index contributed by atoms with van der Waals surface area (Å²) in [5.41, 5.74) is -3.21. The Morgan fingerprint density at radius 1 is 0.667 bits per heavy atom. The van der Waals surface area contributed by atoms with Crippen molar-refractivity contribution in [2.24, 2.45) is 0 Å². The standard InChI is InChI=1S/C22H41F3O2/c1-3-4-5-6-7-8-9-10-11-12-13-14-15-16-17-18-19-20(26)21(2,27)22(23,24)25/h27H,3-19H2,1-2H3. The zero-order valence-corrected chi connectivity index (χ0v) is 17.5. The summed E-state index contributed by atoms with van der Waals surface area (Å²) in [4.78, 5) is 11.5. The van der Waals surface area contributed by atoms with E-state index in [2.05, 4.69) is 6.92 Å². The molecular weight excluding hydrogens is 353 g/mol. The molecule has 0 aliphatic carbocycles. The maximum Gasteiger partial charge on any atom is 0.424 e. The van der Waals surface area contributed by atoms with Crippen LogP contribution >= 0.6 is 0 Å². The van der Waals surface area contributed by atoms with Crippen molar-refractivity contribution in [2.45, 2.75) is 135 Å². The summed E-state index contributed by atoms with van der Waals surface area (Å²) < 4.78 is 37.6. The molecule has 0 saturated heterocycles. The van der Waals surface area contributed by atoms with E-state index in [-0.39, 0.29) is 6.42 Å². The van der Waals surface area contributed by atoms with Crippen LogP contribution in [0.5, 0.6) is 0 Å². The summed E-state index contributed by atoms with van der Waals surface area (Å²) in [6.45, 7) is 2.78. The number of carbonyl (C=O) groups excluding carboxylic acids is 1. The maximum atomic E-state index is 12.5. The van der Waals surface area contributed by atoms with Gasteiger partial charge in [0.2, 0.25) is 5.60 Å². The van der Waals surface area contributed by atoms with E-state index in [0.29, 0.717) is 13.3 Å². The second-order valence-electron chi connectivity index (χ2n) is 8.05. The molecule has 0 radical (unpaired) electrons. The Kier molecular flexibility index (Phi) is 15.0. The molecule has 27 heavy (non-hydrogen) atoms. The third kappa shape index (κ3) is 13.3. The van der Waals surface area contributed by atoms with Crippen LogP contribution in [-0.2, 0) is 4.79 Å². The van der Waals surface area contributed by atoms with Crippen LogP contribution < -0.4 is 0 Å². The largest absolute Gasteiger partial charge is 0.424 e. The van der Waals surface area contributed by atoms with Gasteiger partial charge in [0.25, 0.3) is 0 Å². The number of hydrogen-bond acceptors (Lipinski definition) is 2. The topological polar surface area (TPSA) is 37.3 Å². The smallest absolute Gasteiger partial charge is 0.374 e. The third-order valence-electron chi connectivity index (χ3n) is 5.35. The van der Waals surface area contributed by atoms with Gasteiger partial charge in [0.05, 0.1) is 0 Å². The minimum absolute atomic E-state index is 0.203. The average molecular weight is 395 g/mol. The van der Waals surface area contributed by atoms with Gasteiger partial charge in [-0.3, -0.25) is 4.79 Å². The average Bonchev–Trinajstić information content (AvgIpc) is 2.60. The second kappa shape index (κ2) is 15.4. The van der Waals surface area contributed by atoms with Crippen molar-refractivity contribution >= 4 is 5.78 Å². The van der Waals surface area contributed by atoms with Gasteiger partial charge in [0, 0.05) is 6.42 Å². The number of hydrogen-bond donors (Lipinski definition) is 1. The summed E-state index contributed by atoms with van der Waals surface area (Å²) in [5, 5.41) is 9.27. The second-order valence-corrected chi connectivity index (χ2v) is 8.05. The van der Waals surface area contributed by atoms with Crippen LogP contribution in [0.3, 0.4) is 0 Å². The van der Waals surface area contributed by atoms with Crippen LogP contribution in [0.1, 0.15) is 123 Å². The number of ketones is 1. The van der Waals surface area contributed by atoms with Crippen molar-refractivity contribution < 1.29 is 23.1 Å². The van der Waals surface area contributed by atoms with Crippen LogP contribution in [-0.4, -0.2) is 22.7 Å². The first-order valence-electron chi connectivity index (χ1n) is 11.1. The van der Waals surface area contributed by atoms with Gasteiger partial charge < -0.3 is 5.11 Å². The first-order valence-corrected chi connectivity index (χ1v) is 11.1. The van der Waals surface area contributed by atoms with Crippen molar-refractivity contribution in [1.29, 1.82) is 0 Å². The fourth-order valence-corrected chi connectivity index (χ4v) is 3.24. The van der Waals surface area contributed by atoms with E-state index in [4.69, 9.17) is 0 Å². The molecule has 0 spiro atoms. The van der Waals surface area contributed by atoms with E-state index < -0.39 is 17.6 Å². The summed E-state index contributed by atoms with van der Waals surface area (Å²) in [5.74, 6) is -1.12. The highest BCUT2D eigenvalue weighted by Gasteiger charge is 2.54. The Balaban J connectivity index is 3.36. The molecule has 0 aromatic heterocycles. The number of alkyl halides is 3. The lowest BCUT2D eigenvalue weighted by Gasteiger charge is -2.24. The molecule has 0 bridgehead atoms. The van der Waals surface area contributed by atoms with Crippen LogP contribution in [0.4, 0.5) is 13.2 Å². The molecule has 2 nitrogen and oxygen atoms in total. The number of Topliss-reactive ketones (excluding diaryl/α,β-unsaturated/α-hetero) is 1. The molecule has 0 rings (SSSR count). The van der Waals surface area contributed by atoms with Gasteiger partial charge in [0.1, 0.15) is 0 Å². The van der Waals surface area contributed by atoms with Gasteiger partial charge in [-0.25, -0.2) is 0 Å². The van der Waals surface area contributed by atoms with Gasteiger partial charge in [0.15, 0.2) is 5.78 Å². The molecule has 1 atom stereocenters. The number of rotatable bonds is 18. The lowest BCUT2D eigenvalue weighted by Crippen LogP contribution is -2.49. The van der Waals surface area contributed by atoms with Gasteiger partial charge in [-0.2, -0.15) is 13.2 Å². The van der Waals surface area contributed by atoms with E-state index in [0.717, 1.165) is 25.7 Å². The van der Waals surface area contributed by atoms with Crippen LogP contribution in [0, 0.1) is 0 Å².